The lowest BCUT2D eigenvalue weighted by atomic mass is 10.0. The highest BCUT2D eigenvalue weighted by Crippen LogP contribution is 2.38. The second kappa shape index (κ2) is 9.61. The number of rotatable bonds is 8. The van der Waals surface area contributed by atoms with Gasteiger partial charge >= 0.3 is 0 Å². The van der Waals surface area contributed by atoms with Crippen molar-refractivity contribution in [2.24, 2.45) is 0 Å². The number of anilines is 1. The highest BCUT2D eigenvalue weighted by molar-refractivity contribution is 6.01. The first kappa shape index (κ1) is 24.4. The number of hydrogen-bond donors (Lipinski definition) is 1. The van der Waals surface area contributed by atoms with Crippen molar-refractivity contribution in [1.29, 1.82) is 0 Å². The number of carbonyl (C=O) groups excluding carboxylic acids is 2. The third-order valence-corrected chi connectivity index (χ3v) is 6.49. The Kier molecular flexibility index (Phi) is 6.32. The van der Waals surface area contributed by atoms with Crippen LogP contribution >= 0.6 is 0 Å². The molecule has 0 spiro atoms. The third kappa shape index (κ3) is 4.87. The van der Waals surface area contributed by atoms with E-state index in [1.807, 2.05) is 45.0 Å². The van der Waals surface area contributed by atoms with Gasteiger partial charge < -0.3 is 19.2 Å². The van der Waals surface area contributed by atoms with E-state index >= 15 is 0 Å². The van der Waals surface area contributed by atoms with E-state index in [1.165, 1.54) is 9.58 Å². The molecule has 1 unspecified atom stereocenters. The van der Waals surface area contributed by atoms with E-state index in [0.29, 0.717) is 46.2 Å². The van der Waals surface area contributed by atoms with Crippen LogP contribution in [0.2, 0.25) is 0 Å². The maximum absolute atomic E-state index is 14.1. The number of hydrogen-bond acceptors (Lipinski definition) is 7. The van der Waals surface area contributed by atoms with Crippen molar-refractivity contribution in [2.45, 2.75) is 52.2 Å². The topological polar surface area (TPSA) is 112 Å². The van der Waals surface area contributed by atoms with Crippen molar-refractivity contribution in [2.75, 3.05) is 11.7 Å². The first-order valence-corrected chi connectivity index (χ1v) is 12.1. The molecule has 1 atom stereocenters. The molecule has 37 heavy (non-hydrogen) atoms. The Morgan fingerprint density at radius 2 is 1.89 bits per heavy atom. The van der Waals surface area contributed by atoms with E-state index in [1.54, 1.807) is 37.3 Å². The van der Waals surface area contributed by atoms with Gasteiger partial charge in [-0.25, -0.2) is 4.68 Å². The summed E-state index contributed by atoms with van der Waals surface area (Å²) in [6.07, 6.45) is 0.700. The lowest BCUT2D eigenvalue weighted by molar-refractivity contribution is -0.128. The lowest BCUT2D eigenvalue weighted by Crippen LogP contribution is -2.51. The van der Waals surface area contributed by atoms with E-state index in [-0.39, 0.29) is 25.2 Å². The van der Waals surface area contributed by atoms with Gasteiger partial charge in [0.15, 0.2) is 17.5 Å². The summed E-state index contributed by atoms with van der Waals surface area (Å²) in [5.41, 5.74) is 1.35. The fourth-order valence-corrected chi connectivity index (χ4v) is 4.17. The number of fused-ring (bicyclic) bond motifs is 2. The Bertz CT molecular complexity index is 1460. The van der Waals surface area contributed by atoms with Crippen LogP contribution in [0.1, 0.15) is 44.8 Å². The molecule has 5 rings (SSSR count). The molecule has 1 aliphatic heterocycles. The van der Waals surface area contributed by atoms with Gasteiger partial charge in [-0.1, -0.05) is 24.3 Å². The third-order valence-electron chi connectivity index (χ3n) is 6.49. The molecule has 0 saturated carbocycles. The number of furan rings is 1. The maximum atomic E-state index is 14.1. The summed E-state index contributed by atoms with van der Waals surface area (Å²) >= 11 is 0. The summed E-state index contributed by atoms with van der Waals surface area (Å²) in [7, 11) is 0. The SMILES string of the molecule is CCC(C)(C)NC(=O)C(c1ccc(C)o1)N(C(=O)Cn1nnc2ccccc21)c1ccc2c(c1)OCO2. The zero-order valence-corrected chi connectivity index (χ0v) is 21.2. The van der Waals surface area contributed by atoms with E-state index in [0.717, 1.165) is 0 Å². The number of nitrogens with zero attached hydrogens (tertiary/aromatic N) is 4. The van der Waals surface area contributed by atoms with Gasteiger partial charge in [0, 0.05) is 17.3 Å². The van der Waals surface area contributed by atoms with Crippen molar-refractivity contribution in [1.82, 2.24) is 20.3 Å². The van der Waals surface area contributed by atoms with Gasteiger partial charge in [0.2, 0.25) is 12.7 Å². The second-order valence-electron chi connectivity index (χ2n) is 9.61. The van der Waals surface area contributed by atoms with Crippen LogP contribution in [0.15, 0.2) is 59.0 Å². The monoisotopic (exact) mass is 503 g/mol. The maximum Gasteiger partial charge on any atom is 0.251 e. The van der Waals surface area contributed by atoms with Gasteiger partial charge in [-0.15, -0.1) is 5.10 Å². The van der Waals surface area contributed by atoms with Crippen molar-refractivity contribution in [3.05, 3.63) is 66.1 Å². The Hall–Kier alpha value is -4.34. The van der Waals surface area contributed by atoms with Crippen LogP contribution in [-0.4, -0.2) is 39.1 Å². The van der Waals surface area contributed by atoms with Gasteiger partial charge in [0.05, 0.1) is 5.52 Å². The first-order valence-electron chi connectivity index (χ1n) is 12.1. The largest absolute Gasteiger partial charge is 0.464 e. The first-order chi connectivity index (χ1) is 17.8. The summed E-state index contributed by atoms with van der Waals surface area (Å²) in [6, 6.07) is 14.9. The number of nitrogens with one attached hydrogen (secondary N) is 1. The van der Waals surface area contributed by atoms with Gasteiger partial charge in [0.25, 0.3) is 5.91 Å². The number of benzene rings is 2. The molecule has 1 N–H and O–H groups in total. The van der Waals surface area contributed by atoms with E-state index < -0.39 is 11.6 Å². The number of para-hydroxylation sites is 1. The Labute approximate surface area is 214 Å². The van der Waals surface area contributed by atoms with E-state index in [9.17, 15) is 9.59 Å². The molecule has 10 nitrogen and oxygen atoms in total. The highest BCUT2D eigenvalue weighted by atomic mass is 16.7. The molecule has 0 radical (unpaired) electrons. The normalized spacial score (nSPS) is 13.5. The van der Waals surface area contributed by atoms with E-state index in [4.69, 9.17) is 13.9 Å². The van der Waals surface area contributed by atoms with Crippen LogP contribution in [0.4, 0.5) is 5.69 Å². The average Bonchev–Trinajstić information content (AvgIpc) is 3.62. The highest BCUT2D eigenvalue weighted by Gasteiger charge is 2.38. The zero-order valence-electron chi connectivity index (χ0n) is 21.2. The standard InChI is InChI=1S/C27H29N5O5/c1-5-27(3,4)28-26(34)25(22-12-10-17(2)37-22)32(18-11-13-21-23(14-18)36-16-35-21)24(33)15-31-20-9-7-6-8-19(20)29-30-31/h6-14,25H,5,15-16H2,1-4H3,(H,28,34). The molecule has 1 aliphatic rings. The summed E-state index contributed by atoms with van der Waals surface area (Å²) in [5, 5.41) is 11.4. The van der Waals surface area contributed by atoms with Crippen LogP contribution in [0, 0.1) is 6.92 Å². The fraction of sp³-hybridized carbons (Fsp3) is 0.333. The minimum atomic E-state index is -1.08. The van der Waals surface area contributed by atoms with Crippen molar-refractivity contribution in [3.63, 3.8) is 0 Å². The average molecular weight is 504 g/mol. The molecule has 0 bridgehead atoms. The van der Waals surface area contributed by atoms with Crippen LogP contribution in [0.5, 0.6) is 11.5 Å². The molecule has 2 amide bonds. The van der Waals surface area contributed by atoms with Gasteiger partial charge in [-0.3, -0.25) is 14.5 Å². The number of ether oxygens (including phenoxy) is 2. The fourth-order valence-electron chi connectivity index (χ4n) is 4.17. The lowest BCUT2D eigenvalue weighted by Gasteiger charge is -2.33. The minimum Gasteiger partial charge on any atom is -0.464 e. The number of aryl methyl sites for hydroxylation is 1. The summed E-state index contributed by atoms with van der Waals surface area (Å²) in [5.74, 6) is 1.29. The Balaban J connectivity index is 1.60. The van der Waals surface area contributed by atoms with Crippen LogP contribution < -0.4 is 19.7 Å². The smallest absolute Gasteiger partial charge is 0.251 e. The Morgan fingerprint density at radius 1 is 1.11 bits per heavy atom. The van der Waals surface area contributed by atoms with Crippen molar-refractivity contribution in [3.8, 4) is 11.5 Å². The number of carbonyl (C=O) groups is 2. The molecular weight excluding hydrogens is 474 g/mol. The van der Waals surface area contributed by atoms with E-state index in [2.05, 4.69) is 15.6 Å². The predicted molar refractivity (Wildman–Crippen MR) is 136 cm³/mol. The van der Waals surface area contributed by atoms with Gasteiger partial charge in [-0.2, -0.15) is 0 Å². The molecule has 192 valence electrons. The van der Waals surface area contributed by atoms with Gasteiger partial charge in [-0.05, 0) is 63.6 Å². The summed E-state index contributed by atoms with van der Waals surface area (Å²) in [6.45, 7) is 7.60. The van der Waals surface area contributed by atoms with Gasteiger partial charge in [0.1, 0.15) is 23.6 Å². The molecule has 3 heterocycles. The quantitative estimate of drug-likeness (QED) is 0.385. The second-order valence-corrected chi connectivity index (χ2v) is 9.61. The Morgan fingerprint density at radius 3 is 2.65 bits per heavy atom. The molecule has 2 aromatic carbocycles. The molecule has 10 heteroatoms. The summed E-state index contributed by atoms with van der Waals surface area (Å²) in [4.78, 5) is 29.3. The number of aromatic nitrogens is 3. The van der Waals surface area contributed by atoms with Crippen LogP contribution in [-0.2, 0) is 16.1 Å². The molecule has 0 aliphatic carbocycles. The van der Waals surface area contributed by atoms with Crippen molar-refractivity contribution >= 4 is 28.5 Å². The molecule has 0 saturated heterocycles. The van der Waals surface area contributed by atoms with Crippen LogP contribution in [0.25, 0.3) is 11.0 Å². The van der Waals surface area contributed by atoms with Crippen molar-refractivity contribution < 1.29 is 23.5 Å². The minimum absolute atomic E-state index is 0.0870. The molecule has 2 aromatic heterocycles. The predicted octanol–water partition coefficient (Wildman–Crippen LogP) is 4.14. The van der Waals surface area contributed by atoms with Crippen LogP contribution in [0.3, 0.4) is 0 Å². The molecule has 0 fully saturated rings. The molecule has 4 aromatic rings. The molecular formula is C27H29N5O5. The summed E-state index contributed by atoms with van der Waals surface area (Å²) < 4.78 is 18.5. The zero-order chi connectivity index (χ0) is 26.2. The number of amides is 2.